The quantitative estimate of drug-likeness (QED) is 0.897. The zero-order valence-corrected chi connectivity index (χ0v) is 10.4. The lowest BCUT2D eigenvalue weighted by Gasteiger charge is -2.10. The Kier molecular flexibility index (Phi) is 3.62. The van der Waals surface area contributed by atoms with Gasteiger partial charge in [0, 0.05) is 13.2 Å². The molecule has 0 aliphatic carbocycles. The molecular formula is C13H15N3O2. The molecule has 94 valence electrons. The number of anilines is 1. The van der Waals surface area contributed by atoms with Crippen LogP contribution < -0.4 is 10.1 Å². The Bertz CT molecular complexity index is 549. The number of carbonyl (C=O) groups excluding carboxylic acids is 1. The standard InChI is InChI=1S/C13H15N3O2/c1-3-18-12-7-5-4-6-10(12)14-13(17)11-8-9-16(2)15-11/h4-9H,3H2,1-2H3,(H,14,17). The smallest absolute Gasteiger partial charge is 0.276 e. The highest BCUT2D eigenvalue weighted by Gasteiger charge is 2.11. The van der Waals surface area contributed by atoms with Crippen LogP contribution >= 0.6 is 0 Å². The summed E-state index contributed by atoms with van der Waals surface area (Å²) in [7, 11) is 1.77. The zero-order valence-electron chi connectivity index (χ0n) is 10.4. The molecule has 0 radical (unpaired) electrons. The summed E-state index contributed by atoms with van der Waals surface area (Å²) in [5.74, 6) is 0.409. The van der Waals surface area contributed by atoms with Gasteiger partial charge >= 0.3 is 0 Å². The van der Waals surface area contributed by atoms with Gasteiger partial charge < -0.3 is 10.1 Å². The fourth-order valence-corrected chi connectivity index (χ4v) is 1.57. The van der Waals surface area contributed by atoms with Crippen LogP contribution in [0.15, 0.2) is 36.5 Å². The number of benzene rings is 1. The van der Waals surface area contributed by atoms with Gasteiger partial charge in [-0.25, -0.2) is 0 Å². The summed E-state index contributed by atoms with van der Waals surface area (Å²) in [6.45, 7) is 2.45. The molecule has 0 saturated carbocycles. The maximum absolute atomic E-state index is 11.9. The van der Waals surface area contributed by atoms with Gasteiger partial charge in [0.15, 0.2) is 5.69 Å². The number of hydrogen-bond acceptors (Lipinski definition) is 3. The summed E-state index contributed by atoms with van der Waals surface area (Å²) in [6.07, 6.45) is 1.73. The molecule has 0 spiro atoms. The van der Waals surface area contributed by atoms with Crippen molar-refractivity contribution in [1.29, 1.82) is 0 Å². The number of aromatic nitrogens is 2. The Labute approximate surface area is 105 Å². The van der Waals surface area contributed by atoms with E-state index >= 15 is 0 Å². The van der Waals surface area contributed by atoms with Crippen molar-refractivity contribution in [2.24, 2.45) is 7.05 Å². The predicted octanol–water partition coefficient (Wildman–Crippen LogP) is 2.07. The van der Waals surface area contributed by atoms with Gasteiger partial charge in [0.05, 0.1) is 12.3 Å². The number of carbonyl (C=O) groups is 1. The van der Waals surface area contributed by atoms with Crippen LogP contribution in [0.4, 0.5) is 5.69 Å². The van der Waals surface area contributed by atoms with Crippen LogP contribution in [0.1, 0.15) is 17.4 Å². The number of rotatable bonds is 4. The van der Waals surface area contributed by atoms with Crippen LogP contribution in [-0.4, -0.2) is 22.3 Å². The van der Waals surface area contributed by atoms with Gasteiger partial charge in [-0.05, 0) is 25.1 Å². The Morgan fingerprint density at radius 3 is 2.83 bits per heavy atom. The van der Waals surface area contributed by atoms with E-state index in [-0.39, 0.29) is 5.91 Å². The van der Waals surface area contributed by atoms with E-state index in [4.69, 9.17) is 4.74 Å². The van der Waals surface area contributed by atoms with Crippen LogP contribution in [0.3, 0.4) is 0 Å². The average molecular weight is 245 g/mol. The largest absolute Gasteiger partial charge is 0.492 e. The van der Waals surface area contributed by atoms with E-state index < -0.39 is 0 Å². The van der Waals surface area contributed by atoms with E-state index in [0.29, 0.717) is 23.7 Å². The molecule has 5 heteroatoms. The van der Waals surface area contributed by atoms with E-state index in [2.05, 4.69) is 10.4 Å². The molecule has 0 aliphatic rings. The number of hydrogen-bond donors (Lipinski definition) is 1. The predicted molar refractivity (Wildman–Crippen MR) is 68.8 cm³/mol. The lowest BCUT2D eigenvalue weighted by molar-refractivity contribution is 0.102. The van der Waals surface area contributed by atoms with Crippen molar-refractivity contribution in [2.75, 3.05) is 11.9 Å². The highest BCUT2D eigenvalue weighted by Crippen LogP contribution is 2.23. The van der Waals surface area contributed by atoms with Gasteiger partial charge in [-0.3, -0.25) is 9.48 Å². The van der Waals surface area contributed by atoms with E-state index in [1.54, 1.807) is 30.1 Å². The third-order valence-corrected chi connectivity index (χ3v) is 2.38. The van der Waals surface area contributed by atoms with E-state index in [9.17, 15) is 4.79 Å². The van der Waals surface area contributed by atoms with Gasteiger partial charge in [-0.2, -0.15) is 5.10 Å². The first-order valence-corrected chi connectivity index (χ1v) is 5.73. The second-order valence-electron chi connectivity index (χ2n) is 3.76. The van der Waals surface area contributed by atoms with Gasteiger partial charge in [-0.1, -0.05) is 12.1 Å². The number of nitrogens with zero attached hydrogens (tertiary/aromatic N) is 2. The molecular weight excluding hydrogens is 230 g/mol. The molecule has 1 N–H and O–H groups in total. The second-order valence-corrected chi connectivity index (χ2v) is 3.76. The van der Waals surface area contributed by atoms with Crippen LogP contribution in [0.2, 0.25) is 0 Å². The molecule has 2 aromatic rings. The third-order valence-electron chi connectivity index (χ3n) is 2.38. The lowest BCUT2D eigenvalue weighted by Crippen LogP contribution is -2.14. The number of amides is 1. The molecule has 0 aliphatic heterocycles. The van der Waals surface area contributed by atoms with Crippen molar-refractivity contribution in [3.05, 3.63) is 42.2 Å². The number of ether oxygens (including phenoxy) is 1. The van der Waals surface area contributed by atoms with Crippen molar-refractivity contribution < 1.29 is 9.53 Å². The number of para-hydroxylation sites is 2. The minimum atomic E-state index is -0.247. The average Bonchev–Trinajstić information content (AvgIpc) is 2.79. The third kappa shape index (κ3) is 2.68. The minimum absolute atomic E-state index is 0.247. The van der Waals surface area contributed by atoms with E-state index in [0.717, 1.165) is 0 Å². The highest BCUT2D eigenvalue weighted by molar-refractivity contribution is 6.03. The number of aryl methyl sites for hydroxylation is 1. The van der Waals surface area contributed by atoms with Crippen molar-refractivity contribution in [2.45, 2.75) is 6.92 Å². The summed E-state index contributed by atoms with van der Waals surface area (Å²) in [4.78, 5) is 11.9. The Morgan fingerprint density at radius 1 is 1.39 bits per heavy atom. The molecule has 0 atom stereocenters. The SMILES string of the molecule is CCOc1ccccc1NC(=O)c1ccn(C)n1. The summed E-state index contributed by atoms with van der Waals surface area (Å²) < 4.78 is 7.03. The van der Waals surface area contributed by atoms with Crippen LogP contribution in [0.25, 0.3) is 0 Å². The molecule has 1 heterocycles. The zero-order chi connectivity index (χ0) is 13.0. The molecule has 18 heavy (non-hydrogen) atoms. The van der Waals surface area contributed by atoms with Gasteiger partial charge in [0.2, 0.25) is 0 Å². The Hall–Kier alpha value is -2.30. The summed E-state index contributed by atoms with van der Waals surface area (Å²) >= 11 is 0. The molecule has 1 aromatic heterocycles. The van der Waals surface area contributed by atoms with Crippen LogP contribution in [-0.2, 0) is 7.05 Å². The van der Waals surface area contributed by atoms with Crippen molar-refractivity contribution in [3.8, 4) is 5.75 Å². The first-order valence-electron chi connectivity index (χ1n) is 5.73. The molecule has 0 saturated heterocycles. The van der Waals surface area contributed by atoms with E-state index in [1.165, 1.54) is 0 Å². The molecule has 5 nitrogen and oxygen atoms in total. The molecule has 1 aromatic carbocycles. The minimum Gasteiger partial charge on any atom is -0.492 e. The molecule has 0 unspecified atom stereocenters. The van der Waals surface area contributed by atoms with Gasteiger partial charge in [0.25, 0.3) is 5.91 Å². The van der Waals surface area contributed by atoms with Crippen molar-refractivity contribution in [3.63, 3.8) is 0 Å². The maximum atomic E-state index is 11.9. The first kappa shape index (κ1) is 12.2. The van der Waals surface area contributed by atoms with Crippen molar-refractivity contribution in [1.82, 2.24) is 9.78 Å². The molecule has 1 amide bonds. The van der Waals surface area contributed by atoms with E-state index in [1.807, 2.05) is 25.1 Å². The lowest BCUT2D eigenvalue weighted by atomic mass is 10.3. The van der Waals surface area contributed by atoms with Gasteiger partial charge in [0.1, 0.15) is 5.75 Å². The normalized spacial score (nSPS) is 10.1. The fraction of sp³-hybridized carbons (Fsp3) is 0.231. The molecule has 0 bridgehead atoms. The Morgan fingerprint density at radius 2 is 2.17 bits per heavy atom. The van der Waals surface area contributed by atoms with Crippen LogP contribution in [0.5, 0.6) is 5.75 Å². The maximum Gasteiger partial charge on any atom is 0.276 e. The molecule has 0 fully saturated rings. The second kappa shape index (κ2) is 5.35. The summed E-state index contributed by atoms with van der Waals surface area (Å²) in [5.41, 5.74) is 1.03. The summed E-state index contributed by atoms with van der Waals surface area (Å²) in [6, 6.07) is 8.99. The Balaban J connectivity index is 2.16. The monoisotopic (exact) mass is 245 g/mol. The van der Waals surface area contributed by atoms with Gasteiger partial charge in [-0.15, -0.1) is 0 Å². The highest BCUT2D eigenvalue weighted by atomic mass is 16.5. The number of nitrogens with one attached hydrogen (secondary N) is 1. The summed E-state index contributed by atoms with van der Waals surface area (Å²) in [5, 5.41) is 6.83. The van der Waals surface area contributed by atoms with Crippen LogP contribution in [0, 0.1) is 0 Å². The molecule has 2 rings (SSSR count). The van der Waals surface area contributed by atoms with Crippen molar-refractivity contribution >= 4 is 11.6 Å². The topological polar surface area (TPSA) is 56.1 Å². The fourth-order valence-electron chi connectivity index (χ4n) is 1.57. The first-order chi connectivity index (χ1) is 8.70.